The third-order valence-corrected chi connectivity index (χ3v) is 2.33. The molecule has 0 aliphatic carbocycles. The van der Waals surface area contributed by atoms with Crippen LogP contribution in [0.3, 0.4) is 0 Å². The summed E-state index contributed by atoms with van der Waals surface area (Å²) in [6, 6.07) is 0. The first-order chi connectivity index (χ1) is 6.76. The van der Waals surface area contributed by atoms with E-state index in [1.165, 1.54) is 0 Å². The summed E-state index contributed by atoms with van der Waals surface area (Å²) in [6.07, 6.45) is 6.23. The van der Waals surface area contributed by atoms with Gasteiger partial charge in [-0.15, -0.1) is 0 Å². The summed E-state index contributed by atoms with van der Waals surface area (Å²) in [5.74, 6) is 0.161. The molecule has 0 saturated heterocycles. The van der Waals surface area contributed by atoms with Crippen LogP contribution in [0.1, 0.15) is 59.3 Å². The van der Waals surface area contributed by atoms with Crippen LogP contribution in [0.25, 0.3) is 0 Å². The van der Waals surface area contributed by atoms with Crippen LogP contribution in [0.15, 0.2) is 0 Å². The molecule has 0 aromatic rings. The number of carbonyl (C=O) groups excluding carboxylic acids is 1. The summed E-state index contributed by atoms with van der Waals surface area (Å²) in [6.45, 7) is 6.87. The maximum atomic E-state index is 11.6. The number of hydrogen-bond donors (Lipinski definition) is 0. The van der Waals surface area contributed by atoms with E-state index in [0.717, 1.165) is 38.5 Å². The first-order valence-electron chi connectivity index (χ1n) is 5.92. The van der Waals surface area contributed by atoms with Crippen molar-refractivity contribution in [3.8, 4) is 0 Å². The van der Waals surface area contributed by atoms with Crippen LogP contribution in [0.4, 0.5) is 0 Å². The number of ether oxygens (including phenoxy) is 1. The lowest BCUT2D eigenvalue weighted by Crippen LogP contribution is -2.18. The summed E-state index contributed by atoms with van der Waals surface area (Å²) in [5.41, 5.74) is 0. The molecule has 0 spiro atoms. The minimum atomic E-state index is 0.0159. The molecule has 0 amide bonds. The third kappa shape index (κ3) is 6.01. The van der Waals surface area contributed by atoms with E-state index in [0.29, 0.717) is 6.61 Å². The van der Waals surface area contributed by atoms with Crippen LogP contribution in [-0.4, -0.2) is 12.6 Å². The largest absolute Gasteiger partial charge is 0.465 e. The fourth-order valence-corrected chi connectivity index (χ4v) is 1.50. The highest BCUT2D eigenvalue weighted by Gasteiger charge is 2.17. The van der Waals surface area contributed by atoms with E-state index in [2.05, 4.69) is 13.8 Å². The normalized spacial score (nSPS) is 12.5. The van der Waals surface area contributed by atoms with Gasteiger partial charge in [0.2, 0.25) is 0 Å². The summed E-state index contributed by atoms with van der Waals surface area (Å²) in [4.78, 5) is 11.6. The van der Waals surface area contributed by atoms with Gasteiger partial charge < -0.3 is 4.74 Å². The molecule has 1 unspecified atom stereocenters. The molecule has 0 heterocycles. The van der Waals surface area contributed by atoms with Crippen LogP contribution in [0, 0.1) is 5.92 Å². The molecule has 0 aliphatic rings. The van der Waals surface area contributed by atoms with Crippen molar-refractivity contribution in [1.29, 1.82) is 0 Å². The van der Waals surface area contributed by atoms with E-state index in [4.69, 9.17) is 4.74 Å². The van der Waals surface area contributed by atoms with Gasteiger partial charge in [-0.05, 0) is 19.3 Å². The Hall–Kier alpha value is -0.530. The molecule has 0 saturated carbocycles. The Morgan fingerprint density at radius 2 is 1.79 bits per heavy atom. The SMILES string of the molecule is CCCCC(CCC)C(=O)OCCC. The van der Waals surface area contributed by atoms with Crippen LogP contribution < -0.4 is 0 Å². The molecular weight excluding hydrogens is 176 g/mol. The van der Waals surface area contributed by atoms with Crippen LogP contribution in [0.2, 0.25) is 0 Å². The highest BCUT2D eigenvalue weighted by molar-refractivity contribution is 5.72. The molecule has 0 radical (unpaired) electrons. The van der Waals surface area contributed by atoms with Gasteiger partial charge in [0, 0.05) is 0 Å². The molecule has 0 aliphatic heterocycles. The Balaban J connectivity index is 3.84. The zero-order valence-electron chi connectivity index (χ0n) is 9.84. The number of esters is 1. The number of carbonyl (C=O) groups is 1. The third-order valence-electron chi connectivity index (χ3n) is 2.33. The number of unbranched alkanes of at least 4 members (excludes halogenated alkanes) is 1. The van der Waals surface area contributed by atoms with E-state index in [-0.39, 0.29) is 11.9 Å². The Kier molecular flexibility index (Phi) is 8.70. The van der Waals surface area contributed by atoms with Crippen molar-refractivity contribution in [2.75, 3.05) is 6.61 Å². The maximum absolute atomic E-state index is 11.6. The highest BCUT2D eigenvalue weighted by atomic mass is 16.5. The molecule has 1 atom stereocenters. The van der Waals surface area contributed by atoms with E-state index >= 15 is 0 Å². The first-order valence-corrected chi connectivity index (χ1v) is 5.92. The van der Waals surface area contributed by atoms with Gasteiger partial charge in [0.05, 0.1) is 12.5 Å². The van der Waals surface area contributed by atoms with Crippen molar-refractivity contribution in [2.45, 2.75) is 59.3 Å². The number of rotatable bonds is 8. The lowest BCUT2D eigenvalue weighted by atomic mass is 9.97. The van der Waals surface area contributed by atoms with Crippen LogP contribution in [0.5, 0.6) is 0 Å². The van der Waals surface area contributed by atoms with E-state index in [1.807, 2.05) is 6.92 Å². The van der Waals surface area contributed by atoms with Gasteiger partial charge in [0.25, 0.3) is 0 Å². The second-order valence-corrected chi connectivity index (χ2v) is 3.80. The predicted molar refractivity (Wildman–Crippen MR) is 59.2 cm³/mol. The zero-order valence-corrected chi connectivity index (χ0v) is 9.84. The van der Waals surface area contributed by atoms with Gasteiger partial charge in [0.1, 0.15) is 0 Å². The summed E-state index contributed by atoms with van der Waals surface area (Å²) in [5, 5.41) is 0. The minimum Gasteiger partial charge on any atom is -0.465 e. The molecule has 0 bridgehead atoms. The average Bonchev–Trinajstić information content (AvgIpc) is 2.20. The lowest BCUT2D eigenvalue weighted by Gasteiger charge is -2.14. The minimum absolute atomic E-state index is 0.0159. The summed E-state index contributed by atoms with van der Waals surface area (Å²) < 4.78 is 5.16. The molecule has 0 aromatic heterocycles. The molecule has 0 N–H and O–H groups in total. The summed E-state index contributed by atoms with van der Waals surface area (Å²) >= 11 is 0. The smallest absolute Gasteiger partial charge is 0.308 e. The van der Waals surface area contributed by atoms with E-state index < -0.39 is 0 Å². The van der Waals surface area contributed by atoms with Crippen molar-refractivity contribution in [3.63, 3.8) is 0 Å². The molecule has 14 heavy (non-hydrogen) atoms. The predicted octanol–water partition coefficient (Wildman–Crippen LogP) is 3.55. The van der Waals surface area contributed by atoms with Crippen molar-refractivity contribution < 1.29 is 9.53 Å². The fourth-order valence-electron chi connectivity index (χ4n) is 1.50. The van der Waals surface area contributed by atoms with E-state index in [1.54, 1.807) is 0 Å². The monoisotopic (exact) mass is 200 g/mol. The van der Waals surface area contributed by atoms with Gasteiger partial charge >= 0.3 is 5.97 Å². The van der Waals surface area contributed by atoms with Gasteiger partial charge in [0.15, 0.2) is 0 Å². The molecule has 0 aromatic carbocycles. The van der Waals surface area contributed by atoms with Crippen molar-refractivity contribution in [3.05, 3.63) is 0 Å². The molecule has 0 fully saturated rings. The Bertz CT molecular complexity index is 143. The number of hydrogen-bond acceptors (Lipinski definition) is 2. The van der Waals surface area contributed by atoms with Crippen molar-refractivity contribution in [2.24, 2.45) is 5.92 Å². The molecule has 0 rings (SSSR count). The molecule has 2 nitrogen and oxygen atoms in total. The topological polar surface area (TPSA) is 26.3 Å². The van der Waals surface area contributed by atoms with Crippen molar-refractivity contribution in [1.82, 2.24) is 0 Å². The zero-order chi connectivity index (χ0) is 10.8. The highest BCUT2D eigenvalue weighted by Crippen LogP contribution is 2.16. The average molecular weight is 200 g/mol. The Morgan fingerprint density at radius 1 is 1.07 bits per heavy atom. The van der Waals surface area contributed by atoms with Crippen LogP contribution >= 0.6 is 0 Å². The standard InChI is InChI=1S/C12H24O2/c1-4-7-9-11(8-5-2)12(13)14-10-6-3/h11H,4-10H2,1-3H3. The van der Waals surface area contributed by atoms with Crippen LogP contribution in [-0.2, 0) is 9.53 Å². The second-order valence-electron chi connectivity index (χ2n) is 3.80. The maximum Gasteiger partial charge on any atom is 0.308 e. The molecule has 2 heteroatoms. The van der Waals surface area contributed by atoms with Crippen molar-refractivity contribution >= 4 is 5.97 Å². The Labute approximate surface area is 88.0 Å². The lowest BCUT2D eigenvalue weighted by molar-refractivity contribution is -0.149. The fraction of sp³-hybridized carbons (Fsp3) is 0.917. The van der Waals surface area contributed by atoms with Gasteiger partial charge in [-0.2, -0.15) is 0 Å². The van der Waals surface area contributed by atoms with Gasteiger partial charge in [-0.1, -0.05) is 40.0 Å². The summed E-state index contributed by atoms with van der Waals surface area (Å²) in [7, 11) is 0. The quantitative estimate of drug-likeness (QED) is 0.560. The Morgan fingerprint density at radius 3 is 2.29 bits per heavy atom. The molecular formula is C12H24O2. The molecule has 84 valence electrons. The van der Waals surface area contributed by atoms with E-state index in [9.17, 15) is 4.79 Å². The van der Waals surface area contributed by atoms with Gasteiger partial charge in [-0.25, -0.2) is 0 Å². The van der Waals surface area contributed by atoms with Gasteiger partial charge in [-0.3, -0.25) is 4.79 Å². The second kappa shape index (κ2) is 9.04. The first kappa shape index (κ1) is 13.5.